The lowest BCUT2D eigenvalue weighted by Gasteiger charge is -2.31. The van der Waals surface area contributed by atoms with Crippen LogP contribution >= 0.6 is 0 Å². The first-order valence-electron chi connectivity index (χ1n) is 11.7. The second-order valence-electron chi connectivity index (χ2n) is 9.00. The van der Waals surface area contributed by atoms with Gasteiger partial charge in [-0.2, -0.15) is 0 Å². The Balaban J connectivity index is 1.74. The third-order valence-corrected chi connectivity index (χ3v) is 6.56. The minimum atomic E-state index is -0.666. The smallest absolute Gasteiger partial charge is 0.295 e. The summed E-state index contributed by atoms with van der Waals surface area (Å²) in [5.41, 5.74) is 2.52. The van der Waals surface area contributed by atoms with E-state index in [1.807, 2.05) is 24.3 Å². The van der Waals surface area contributed by atoms with Crippen molar-refractivity contribution in [1.82, 2.24) is 9.80 Å². The molecule has 2 heterocycles. The van der Waals surface area contributed by atoms with E-state index < -0.39 is 17.7 Å². The monoisotopic (exact) mass is 464 g/mol. The Kier molecular flexibility index (Phi) is 7.34. The number of aliphatic hydroxyl groups excluding tert-OH is 1. The molecule has 0 aromatic heterocycles. The summed E-state index contributed by atoms with van der Waals surface area (Å²) in [5.74, 6) is -0.526. The number of nitrogens with zero attached hydrogens (tertiary/aromatic N) is 2. The van der Waals surface area contributed by atoms with E-state index in [9.17, 15) is 14.7 Å². The van der Waals surface area contributed by atoms with Gasteiger partial charge < -0.3 is 19.5 Å². The Labute approximate surface area is 200 Å². The lowest BCUT2D eigenvalue weighted by Crippen LogP contribution is -2.42. The Morgan fingerprint density at radius 1 is 1.09 bits per heavy atom. The molecule has 2 aliphatic rings. The largest absolute Gasteiger partial charge is 0.507 e. The van der Waals surface area contributed by atoms with Crippen LogP contribution in [-0.2, 0) is 14.3 Å². The van der Waals surface area contributed by atoms with Crippen molar-refractivity contribution < 1.29 is 24.2 Å². The number of carbonyl (C=O) groups excluding carboxylic acids is 2. The van der Waals surface area contributed by atoms with E-state index in [2.05, 4.69) is 18.7 Å². The summed E-state index contributed by atoms with van der Waals surface area (Å²) >= 11 is 0. The molecule has 2 fully saturated rings. The van der Waals surface area contributed by atoms with Crippen molar-refractivity contribution in [2.24, 2.45) is 0 Å². The van der Waals surface area contributed by atoms with Crippen molar-refractivity contribution in [1.29, 1.82) is 0 Å². The first-order chi connectivity index (χ1) is 16.4. The summed E-state index contributed by atoms with van der Waals surface area (Å²) in [4.78, 5) is 30.2. The number of ether oxygens (including phenoxy) is 2. The highest BCUT2D eigenvalue weighted by molar-refractivity contribution is 6.46. The van der Waals surface area contributed by atoms with Crippen molar-refractivity contribution >= 4 is 17.4 Å². The molecule has 0 aliphatic carbocycles. The molecule has 0 saturated carbocycles. The molecule has 7 nitrogen and oxygen atoms in total. The molecular weight excluding hydrogens is 432 g/mol. The van der Waals surface area contributed by atoms with E-state index in [4.69, 9.17) is 9.47 Å². The van der Waals surface area contributed by atoms with Gasteiger partial charge in [-0.3, -0.25) is 14.5 Å². The van der Waals surface area contributed by atoms with Crippen LogP contribution in [0.1, 0.15) is 42.5 Å². The number of Topliss-reactive ketones (excluding diaryl/α,β-unsaturated/α-hetero) is 1. The molecule has 2 saturated heterocycles. The molecule has 1 atom stereocenters. The number of methoxy groups -OCH3 is 1. The van der Waals surface area contributed by atoms with Crippen molar-refractivity contribution in [3.05, 3.63) is 70.8 Å². The highest BCUT2D eigenvalue weighted by atomic mass is 16.5. The second-order valence-corrected chi connectivity index (χ2v) is 9.00. The molecule has 0 radical (unpaired) electrons. The lowest BCUT2D eigenvalue weighted by molar-refractivity contribution is -0.140. The molecule has 34 heavy (non-hydrogen) atoms. The molecule has 7 heteroatoms. The number of aliphatic hydroxyl groups is 1. The zero-order valence-corrected chi connectivity index (χ0v) is 20.0. The van der Waals surface area contributed by atoms with Crippen LogP contribution < -0.4 is 4.74 Å². The molecule has 1 amide bonds. The van der Waals surface area contributed by atoms with E-state index >= 15 is 0 Å². The van der Waals surface area contributed by atoms with E-state index in [1.165, 1.54) is 5.56 Å². The Hall–Kier alpha value is -3.16. The van der Waals surface area contributed by atoms with E-state index in [0.717, 1.165) is 18.7 Å². The summed E-state index contributed by atoms with van der Waals surface area (Å²) in [7, 11) is 1.54. The highest BCUT2D eigenvalue weighted by Crippen LogP contribution is 2.40. The van der Waals surface area contributed by atoms with Crippen molar-refractivity contribution in [2.45, 2.75) is 25.8 Å². The first-order valence-corrected chi connectivity index (χ1v) is 11.7. The highest BCUT2D eigenvalue weighted by Gasteiger charge is 2.46. The average Bonchev–Trinajstić information content (AvgIpc) is 3.12. The van der Waals surface area contributed by atoms with Gasteiger partial charge in [0.2, 0.25) is 0 Å². The summed E-state index contributed by atoms with van der Waals surface area (Å²) in [6.07, 6.45) is 0. The molecular formula is C27H32N2O5. The number of ketones is 1. The maximum Gasteiger partial charge on any atom is 0.295 e. The standard InChI is InChI=1S/C27H32N2O5/c1-18(2)19-7-9-20(10-8-19)24-23(25(30)21-5-4-6-22(17-21)33-3)26(31)27(32)29(24)12-11-28-13-15-34-16-14-28/h4-10,17-18,24,30H,11-16H2,1-3H3/b25-23+. The zero-order chi connectivity index (χ0) is 24.2. The van der Waals surface area contributed by atoms with Gasteiger partial charge in [0.05, 0.1) is 31.9 Å². The quantitative estimate of drug-likeness (QED) is 0.383. The van der Waals surface area contributed by atoms with Gasteiger partial charge in [0.15, 0.2) is 0 Å². The zero-order valence-electron chi connectivity index (χ0n) is 20.0. The van der Waals surface area contributed by atoms with Crippen LogP contribution in [0, 0.1) is 0 Å². The van der Waals surface area contributed by atoms with Crippen molar-refractivity contribution in [3.8, 4) is 5.75 Å². The predicted octanol–water partition coefficient (Wildman–Crippen LogP) is 3.57. The molecule has 0 spiro atoms. The molecule has 1 unspecified atom stereocenters. The number of amides is 1. The van der Waals surface area contributed by atoms with Crippen LogP contribution in [0.25, 0.3) is 5.76 Å². The van der Waals surface area contributed by atoms with E-state index in [1.54, 1.807) is 36.3 Å². The Bertz CT molecular complexity index is 1070. The summed E-state index contributed by atoms with van der Waals surface area (Å²) in [5, 5.41) is 11.2. The van der Waals surface area contributed by atoms with Gasteiger partial charge in [-0.05, 0) is 29.2 Å². The minimum Gasteiger partial charge on any atom is -0.507 e. The topological polar surface area (TPSA) is 79.3 Å². The molecule has 0 bridgehead atoms. The third-order valence-electron chi connectivity index (χ3n) is 6.56. The van der Waals surface area contributed by atoms with Gasteiger partial charge in [0.1, 0.15) is 11.5 Å². The minimum absolute atomic E-state index is 0.109. The molecule has 180 valence electrons. The van der Waals surface area contributed by atoms with E-state index in [0.29, 0.717) is 43.5 Å². The number of likely N-dealkylation sites (tertiary alicyclic amines) is 1. The number of hydrogen-bond acceptors (Lipinski definition) is 6. The lowest BCUT2D eigenvalue weighted by atomic mass is 9.93. The molecule has 2 aromatic carbocycles. The van der Waals surface area contributed by atoms with Gasteiger partial charge in [0, 0.05) is 31.7 Å². The maximum absolute atomic E-state index is 13.2. The molecule has 1 N–H and O–H groups in total. The first kappa shape index (κ1) is 24.0. The molecule has 4 rings (SSSR count). The Morgan fingerprint density at radius 3 is 2.44 bits per heavy atom. The number of morpholine rings is 1. The van der Waals surface area contributed by atoms with Gasteiger partial charge in [0.25, 0.3) is 11.7 Å². The number of hydrogen-bond donors (Lipinski definition) is 1. The van der Waals surface area contributed by atoms with Crippen LogP contribution in [0.2, 0.25) is 0 Å². The van der Waals surface area contributed by atoms with E-state index in [-0.39, 0.29) is 11.3 Å². The summed E-state index contributed by atoms with van der Waals surface area (Å²) < 4.78 is 10.7. The fraction of sp³-hybridized carbons (Fsp3) is 0.407. The van der Waals surface area contributed by atoms with Crippen LogP contribution in [0.15, 0.2) is 54.1 Å². The summed E-state index contributed by atoms with van der Waals surface area (Å²) in [6, 6.07) is 14.2. The normalized spacial score (nSPS) is 20.8. The number of carbonyl (C=O) groups is 2. The number of rotatable bonds is 7. The SMILES string of the molecule is COc1cccc(/C(O)=C2\C(=O)C(=O)N(CCN3CCOCC3)C2c2ccc(C(C)C)cc2)c1. The van der Waals surface area contributed by atoms with Crippen LogP contribution in [0.3, 0.4) is 0 Å². The predicted molar refractivity (Wildman–Crippen MR) is 130 cm³/mol. The van der Waals surface area contributed by atoms with Crippen LogP contribution in [0.5, 0.6) is 5.75 Å². The number of benzene rings is 2. The van der Waals surface area contributed by atoms with Crippen molar-refractivity contribution in [2.75, 3.05) is 46.5 Å². The van der Waals surface area contributed by atoms with Gasteiger partial charge in [-0.1, -0.05) is 50.2 Å². The van der Waals surface area contributed by atoms with Crippen molar-refractivity contribution in [3.63, 3.8) is 0 Å². The fourth-order valence-corrected chi connectivity index (χ4v) is 4.52. The van der Waals surface area contributed by atoms with Gasteiger partial charge >= 0.3 is 0 Å². The fourth-order valence-electron chi connectivity index (χ4n) is 4.52. The average molecular weight is 465 g/mol. The Morgan fingerprint density at radius 2 is 1.79 bits per heavy atom. The summed E-state index contributed by atoms with van der Waals surface area (Å²) in [6.45, 7) is 8.16. The van der Waals surface area contributed by atoms with Gasteiger partial charge in [-0.25, -0.2) is 0 Å². The van der Waals surface area contributed by atoms with Crippen LogP contribution in [-0.4, -0.2) is 73.1 Å². The maximum atomic E-state index is 13.2. The third kappa shape index (κ3) is 4.86. The molecule has 2 aromatic rings. The second kappa shape index (κ2) is 10.4. The van der Waals surface area contributed by atoms with Gasteiger partial charge in [-0.15, -0.1) is 0 Å². The molecule has 2 aliphatic heterocycles. The van der Waals surface area contributed by atoms with Crippen LogP contribution in [0.4, 0.5) is 0 Å².